The van der Waals surface area contributed by atoms with Crippen molar-refractivity contribution >= 4 is 17.3 Å². The minimum absolute atomic E-state index is 0.0152. The summed E-state index contributed by atoms with van der Waals surface area (Å²) in [6.07, 6.45) is 2.82. The number of carbonyl (C=O) groups is 1. The van der Waals surface area contributed by atoms with Crippen molar-refractivity contribution in [2.75, 3.05) is 11.1 Å². The fraction of sp³-hybridized carbons (Fsp3) is 0.0769. The van der Waals surface area contributed by atoms with Gasteiger partial charge >= 0.3 is 6.61 Å². The number of hydrogen-bond donors (Lipinski definition) is 2. The number of benzene rings is 1. The standard InChI is InChI=1S/C13H11F2N3O2/c14-13(15)20-9-3-1-8(2-4-9)18-12(19)10-5-6-17-7-11(10)16/h1-7,13H,16H2,(H,18,19). The van der Waals surface area contributed by atoms with E-state index in [1.165, 1.54) is 42.7 Å². The highest BCUT2D eigenvalue weighted by Crippen LogP contribution is 2.19. The number of carbonyl (C=O) groups excluding carboxylic acids is 1. The molecule has 0 spiro atoms. The predicted octanol–water partition coefficient (Wildman–Crippen LogP) is 2.52. The average molecular weight is 279 g/mol. The molecule has 0 aliphatic carbocycles. The van der Waals surface area contributed by atoms with Crippen LogP contribution in [0.5, 0.6) is 5.75 Å². The second-order valence-electron chi connectivity index (χ2n) is 3.82. The minimum atomic E-state index is -2.88. The van der Waals surface area contributed by atoms with Gasteiger partial charge in [0.1, 0.15) is 5.75 Å². The highest BCUT2D eigenvalue weighted by atomic mass is 19.3. The molecule has 1 heterocycles. The molecule has 0 aliphatic heterocycles. The Hall–Kier alpha value is -2.70. The molecular weight excluding hydrogens is 268 g/mol. The van der Waals surface area contributed by atoms with Gasteiger partial charge in [0.05, 0.1) is 17.4 Å². The van der Waals surface area contributed by atoms with Crippen LogP contribution in [0.1, 0.15) is 10.4 Å². The Bertz CT molecular complexity index is 603. The Kier molecular flexibility index (Phi) is 4.09. The number of pyridine rings is 1. The van der Waals surface area contributed by atoms with Crippen molar-refractivity contribution in [1.82, 2.24) is 4.98 Å². The molecule has 1 aromatic heterocycles. The first-order valence-electron chi connectivity index (χ1n) is 5.62. The zero-order chi connectivity index (χ0) is 14.5. The predicted molar refractivity (Wildman–Crippen MR) is 69.7 cm³/mol. The first-order chi connectivity index (χ1) is 9.56. The van der Waals surface area contributed by atoms with Crippen LogP contribution in [0.15, 0.2) is 42.7 Å². The van der Waals surface area contributed by atoms with Crippen LogP contribution < -0.4 is 15.8 Å². The molecule has 3 N–H and O–H groups in total. The number of nitrogen functional groups attached to an aromatic ring is 1. The number of nitrogens with zero attached hydrogens (tertiary/aromatic N) is 1. The molecule has 0 aliphatic rings. The number of amides is 1. The molecule has 2 aromatic rings. The van der Waals surface area contributed by atoms with E-state index in [0.29, 0.717) is 5.69 Å². The Balaban J connectivity index is 2.07. The second-order valence-corrected chi connectivity index (χ2v) is 3.82. The first kappa shape index (κ1) is 13.7. The summed E-state index contributed by atoms with van der Waals surface area (Å²) in [6.45, 7) is -2.88. The van der Waals surface area contributed by atoms with E-state index in [1.54, 1.807) is 0 Å². The molecule has 0 atom stereocenters. The third-order valence-corrected chi connectivity index (χ3v) is 2.43. The minimum Gasteiger partial charge on any atom is -0.435 e. The lowest BCUT2D eigenvalue weighted by Gasteiger charge is -2.08. The van der Waals surface area contributed by atoms with Gasteiger partial charge in [0, 0.05) is 11.9 Å². The van der Waals surface area contributed by atoms with Crippen LogP contribution in [0, 0.1) is 0 Å². The molecule has 1 amide bonds. The van der Waals surface area contributed by atoms with E-state index in [-0.39, 0.29) is 17.0 Å². The smallest absolute Gasteiger partial charge is 0.387 e. The number of rotatable bonds is 4. The fourth-order valence-corrected chi connectivity index (χ4v) is 1.53. The fourth-order valence-electron chi connectivity index (χ4n) is 1.53. The molecule has 0 radical (unpaired) electrons. The molecule has 5 nitrogen and oxygen atoms in total. The van der Waals surface area contributed by atoms with Crippen molar-refractivity contribution in [3.05, 3.63) is 48.3 Å². The van der Waals surface area contributed by atoms with E-state index in [1.807, 2.05) is 0 Å². The molecule has 0 unspecified atom stereocenters. The van der Waals surface area contributed by atoms with E-state index in [0.717, 1.165) is 0 Å². The van der Waals surface area contributed by atoms with Crippen LogP contribution in [0.25, 0.3) is 0 Å². The van der Waals surface area contributed by atoms with E-state index in [9.17, 15) is 13.6 Å². The van der Waals surface area contributed by atoms with Crippen molar-refractivity contribution in [2.24, 2.45) is 0 Å². The van der Waals surface area contributed by atoms with Crippen molar-refractivity contribution in [3.8, 4) is 5.75 Å². The van der Waals surface area contributed by atoms with Gasteiger partial charge in [0.25, 0.3) is 5.91 Å². The summed E-state index contributed by atoms with van der Waals surface area (Å²) in [5.74, 6) is -0.395. The lowest BCUT2D eigenvalue weighted by atomic mass is 10.2. The Labute approximate surface area is 113 Å². The lowest BCUT2D eigenvalue weighted by molar-refractivity contribution is -0.0498. The van der Waals surface area contributed by atoms with Crippen molar-refractivity contribution in [2.45, 2.75) is 6.61 Å². The molecule has 0 fully saturated rings. The van der Waals surface area contributed by atoms with E-state index < -0.39 is 12.5 Å². The van der Waals surface area contributed by atoms with Crippen LogP contribution in [-0.2, 0) is 0 Å². The van der Waals surface area contributed by atoms with Gasteiger partial charge in [-0.2, -0.15) is 8.78 Å². The van der Waals surface area contributed by atoms with Crippen LogP contribution in [0.4, 0.5) is 20.2 Å². The zero-order valence-corrected chi connectivity index (χ0v) is 10.2. The maximum atomic E-state index is 12.0. The van der Waals surface area contributed by atoms with Gasteiger partial charge in [0.2, 0.25) is 0 Å². The summed E-state index contributed by atoms with van der Waals surface area (Å²) >= 11 is 0. The van der Waals surface area contributed by atoms with Gasteiger partial charge in [-0.15, -0.1) is 0 Å². The summed E-state index contributed by atoms with van der Waals surface area (Å²) < 4.78 is 28.2. The normalized spacial score (nSPS) is 10.3. The van der Waals surface area contributed by atoms with Gasteiger partial charge in [-0.3, -0.25) is 9.78 Å². The number of aromatic nitrogens is 1. The summed E-state index contributed by atoms with van der Waals surface area (Å²) in [4.78, 5) is 15.7. The van der Waals surface area contributed by atoms with Gasteiger partial charge in [-0.25, -0.2) is 0 Å². The number of hydrogen-bond acceptors (Lipinski definition) is 4. The van der Waals surface area contributed by atoms with E-state index in [2.05, 4.69) is 15.0 Å². The maximum Gasteiger partial charge on any atom is 0.387 e. The molecule has 0 bridgehead atoms. The van der Waals surface area contributed by atoms with Gasteiger partial charge < -0.3 is 15.8 Å². The number of alkyl halides is 2. The topological polar surface area (TPSA) is 77.2 Å². The monoisotopic (exact) mass is 279 g/mol. The van der Waals surface area contributed by atoms with Crippen LogP contribution >= 0.6 is 0 Å². The van der Waals surface area contributed by atoms with Gasteiger partial charge in [-0.1, -0.05) is 0 Å². The first-order valence-corrected chi connectivity index (χ1v) is 5.62. The molecule has 1 aromatic carbocycles. The number of halogens is 2. The van der Waals surface area contributed by atoms with Crippen LogP contribution in [0.2, 0.25) is 0 Å². The van der Waals surface area contributed by atoms with E-state index >= 15 is 0 Å². The SMILES string of the molecule is Nc1cnccc1C(=O)Nc1ccc(OC(F)F)cc1. The van der Waals surface area contributed by atoms with Gasteiger partial charge in [0.15, 0.2) is 0 Å². The van der Waals surface area contributed by atoms with Gasteiger partial charge in [-0.05, 0) is 30.3 Å². The number of ether oxygens (including phenoxy) is 1. The number of anilines is 2. The van der Waals surface area contributed by atoms with Crippen molar-refractivity contribution in [1.29, 1.82) is 0 Å². The Morgan fingerprint density at radius 2 is 1.95 bits per heavy atom. The third-order valence-electron chi connectivity index (χ3n) is 2.43. The molecule has 20 heavy (non-hydrogen) atoms. The second kappa shape index (κ2) is 5.96. The quantitative estimate of drug-likeness (QED) is 0.901. The number of nitrogens with two attached hydrogens (primary N) is 1. The molecule has 0 saturated heterocycles. The van der Waals surface area contributed by atoms with Crippen molar-refractivity contribution < 1.29 is 18.3 Å². The summed E-state index contributed by atoms with van der Waals surface area (Å²) in [5, 5.41) is 2.59. The maximum absolute atomic E-state index is 12.0. The molecule has 104 valence electrons. The van der Waals surface area contributed by atoms with Crippen LogP contribution in [-0.4, -0.2) is 17.5 Å². The Morgan fingerprint density at radius 3 is 2.55 bits per heavy atom. The molecular formula is C13H11F2N3O2. The largest absolute Gasteiger partial charge is 0.435 e. The molecule has 2 rings (SSSR count). The zero-order valence-electron chi connectivity index (χ0n) is 10.2. The van der Waals surface area contributed by atoms with Crippen molar-refractivity contribution in [3.63, 3.8) is 0 Å². The highest BCUT2D eigenvalue weighted by Gasteiger charge is 2.10. The molecule has 0 saturated carbocycles. The third kappa shape index (κ3) is 3.41. The number of nitrogens with one attached hydrogen (secondary N) is 1. The highest BCUT2D eigenvalue weighted by molar-refractivity contribution is 6.07. The summed E-state index contributed by atoms with van der Waals surface area (Å²) in [5.41, 5.74) is 6.60. The lowest BCUT2D eigenvalue weighted by Crippen LogP contribution is -2.14. The Morgan fingerprint density at radius 1 is 1.25 bits per heavy atom. The van der Waals surface area contributed by atoms with Crippen LogP contribution in [0.3, 0.4) is 0 Å². The average Bonchev–Trinajstić information content (AvgIpc) is 2.41. The summed E-state index contributed by atoms with van der Waals surface area (Å²) in [6, 6.07) is 7.05. The van der Waals surface area contributed by atoms with E-state index in [4.69, 9.17) is 5.73 Å². The molecule has 7 heteroatoms. The summed E-state index contributed by atoms with van der Waals surface area (Å²) in [7, 11) is 0.